The Hall–Kier alpha value is -3.86. The van der Waals surface area contributed by atoms with Gasteiger partial charge in [0.2, 0.25) is 0 Å². The molecule has 0 aromatic carbocycles. The molecule has 0 radical (unpaired) electrons. The van der Waals surface area contributed by atoms with Crippen LogP contribution in [0.2, 0.25) is 0 Å². The average Bonchev–Trinajstić information content (AvgIpc) is 3.43. The third-order valence-corrected chi connectivity index (χ3v) is 13.6. The molecule has 0 aliphatic heterocycles. The fourth-order valence-electron chi connectivity index (χ4n) is 8.08. The number of unbranched alkanes of at least 4 members (excludes halogenated alkanes) is 21. The second-order valence-corrected chi connectivity index (χ2v) is 21.6. The van der Waals surface area contributed by atoms with Crippen molar-refractivity contribution < 1.29 is 52.2 Å². The van der Waals surface area contributed by atoms with Gasteiger partial charge in [0.1, 0.15) is 12.7 Å². The van der Waals surface area contributed by atoms with Crippen LogP contribution in [0.4, 0.5) is 0 Å². The number of allylic oxidation sites excluding steroid dienone is 18. The number of aliphatic hydroxyl groups is 1. The number of phosphoric ester groups is 1. The van der Waals surface area contributed by atoms with Gasteiger partial charge in [-0.15, -0.1) is 0 Å². The first-order valence-electron chi connectivity index (χ1n) is 30.8. The fraction of sp³-hybridized carbons (Fsp3) is 0.682. The molecule has 12 heteroatoms. The lowest BCUT2D eigenvalue weighted by Gasteiger charge is -2.21. The zero-order valence-corrected chi connectivity index (χ0v) is 50.2. The average molecular weight is 1110 g/mol. The van der Waals surface area contributed by atoms with Gasteiger partial charge in [-0.1, -0.05) is 239 Å². The largest absolute Gasteiger partial charge is 0.472 e. The van der Waals surface area contributed by atoms with Crippen molar-refractivity contribution in [2.24, 2.45) is 0 Å². The predicted molar refractivity (Wildman–Crippen MR) is 325 cm³/mol. The van der Waals surface area contributed by atoms with Crippen LogP contribution in [0.15, 0.2) is 109 Å². The van der Waals surface area contributed by atoms with Crippen LogP contribution in [-0.2, 0) is 42.2 Å². The van der Waals surface area contributed by atoms with Crippen molar-refractivity contribution in [3.05, 3.63) is 109 Å². The maximum absolute atomic E-state index is 12.9. The predicted octanol–water partition coefficient (Wildman–Crippen LogP) is 18.6. The van der Waals surface area contributed by atoms with E-state index in [4.69, 9.17) is 23.3 Å². The van der Waals surface area contributed by atoms with Crippen molar-refractivity contribution >= 4 is 25.7 Å². The minimum Gasteiger partial charge on any atom is -0.462 e. The van der Waals surface area contributed by atoms with Crippen molar-refractivity contribution in [3.63, 3.8) is 0 Å². The molecule has 2 N–H and O–H groups in total. The summed E-state index contributed by atoms with van der Waals surface area (Å²) in [6.45, 7) is 4.37. The van der Waals surface area contributed by atoms with Crippen molar-refractivity contribution in [1.82, 2.24) is 0 Å². The highest BCUT2D eigenvalue weighted by molar-refractivity contribution is 7.47. The SMILES string of the molecule is CC/C=C\C/C=C\C/C=C\C/C=C\C/C=C\CCCCCC(=O)OC(COC(=O)CCCCCC/C=C\C/C=C\C/C=C\C/C=C\CC)COP(=O)(O)OCC(CO)OC(=O)CCCCCCCCCCCCCCCCC. The molecular weight excluding hydrogens is 1000 g/mol. The molecule has 0 aliphatic carbocycles. The Bertz CT molecular complexity index is 1720. The van der Waals surface area contributed by atoms with Crippen LogP contribution in [-0.4, -0.2) is 66.5 Å². The summed E-state index contributed by atoms with van der Waals surface area (Å²) in [4.78, 5) is 48.7. The molecule has 0 bridgehead atoms. The Morgan fingerprint density at radius 1 is 0.372 bits per heavy atom. The molecule has 3 atom stereocenters. The van der Waals surface area contributed by atoms with E-state index in [0.29, 0.717) is 19.3 Å². The van der Waals surface area contributed by atoms with Gasteiger partial charge in [0, 0.05) is 19.3 Å². The van der Waals surface area contributed by atoms with Crippen molar-refractivity contribution in [2.45, 2.75) is 264 Å². The monoisotopic (exact) mass is 1110 g/mol. The molecular formula is C66H111O11P. The first-order chi connectivity index (χ1) is 38.2. The maximum atomic E-state index is 12.9. The Balaban J connectivity index is 4.82. The number of aliphatic hydroxyl groups excluding tert-OH is 1. The molecule has 0 aromatic heterocycles. The summed E-state index contributed by atoms with van der Waals surface area (Å²) in [6.07, 6.45) is 71.8. The summed E-state index contributed by atoms with van der Waals surface area (Å²) in [6, 6.07) is 0. The summed E-state index contributed by atoms with van der Waals surface area (Å²) < 4.78 is 39.6. The van der Waals surface area contributed by atoms with Crippen molar-refractivity contribution in [3.8, 4) is 0 Å². The van der Waals surface area contributed by atoms with Gasteiger partial charge in [-0.25, -0.2) is 4.57 Å². The number of rotatable bonds is 56. The van der Waals surface area contributed by atoms with Crippen molar-refractivity contribution in [2.75, 3.05) is 26.4 Å². The Kier molecular flexibility index (Phi) is 56.3. The van der Waals surface area contributed by atoms with Crippen LogP contribution in [0.3, 0.4) is 0 Å². The molecule has 446 valence electrons. The molecule has 0 rings (SSSR count). The van der Waals surface area contributed by atoms with Crippen LogP contribution < -0.4 is 0 Å². The number of ether oxygens (including phenoxy) is 3. The van der Waals surface area contributed by atoms with Gasteiger partial charge in [0.05, 0.1) is 19.8 Å². The first-order valence-corrected chi connectivity index (χ1v) is 32.3. The number of carbonyl (C=O) groups excluding carboxylic acids is 3. The van der Waals surface area contributed by atoms with Crippen LogP contribution in [0.1, 0.15) is 252 Å². The summed E-state index contributed by atoms with van der Waals surface area (Å²) in [5.41, 5.74) is 0. The van der Waals surface area contributed by atoms with Gasteiger partial charge < -0.3 is 24.2 Å². The maximum Gasteiger partial charge on any atom is 0.472 e. The minimum absolute atomic E-state index is 0.118. The number of carbonyl (C=O) groups is 3. The molecule has 3 unspecified atom stereocenters. The molecule has 0 amide bonds. The van der Waals surface area contributed by atoms with E-state index in [-0.39, 0.29) is 25.9 Å². The zero-order chi connectivity index (χ0) is 56.9. The highest BCUT2D eigenvalue weighted by Crippen LogP contribution is 2.43. The lowest BCUT2D eigenvalue weighted by molar-refractivity contribution is -0.161. The summed E-state index contributed by atoms with van der Waals surface area (Å²) in [5.74, 6) is -1.53. The quantitative estimate of drug-likeness (QED) is 0.0197. The van der Waals surface area contributed by atoms with Gasteiger partial charge in [0.15, 0.2) is 6.10 Å². The highest BCUT2D eigenvalue weighted by atomic mass is 31.2. The number of hydrogen-bond acceptors (Lipinski definition) is 10. The molecule has 11 nitrogen and oxygen atoms in total. The topological polar surface area (TPSA) is 155 Å². The smallest absolute Gasteiger partial charge is 0.462 e. The third kappa shape index (κ3) is 56.8. The number of hydrogen-bond donors (Lipinski definition) is 2. The van der Waals surface area contributed by atoms with E-state index in [1.807, 2.05) is 0 Å². The van der Waals surface area contributed by atoms with E-state index in [2.05, 4.69) is 130 Å². The van der Waals surface area contributed by atoms with E-state index in [9.17, 15) is 28.9 Å². The van der Waals surface area contributed by atoms with E-state index >= 15 is 0 Å². The second kappa shape index (κ2) is 59.3. The molecule has 0 saturated carbocycles. The van der Waals surface area contributed by atoms with Gasteiger partial charge in [-0.05, 0) is 103 Å². The number of phosphoric acid groups is 1. The second-order valence-electron chi connectivity index (χ2n) is 20.1. The fourth-order valence-corrected chi connectivity index (χ4v) is 8.86. The highest BCUT2D eigenvalue weighted by Gasteiger charge is 2.28. The van der Waals surface area contributed by atoms with Crippen LogP contribution in [0, 0.1) is 0 Å². The Morgan fingerprint density at radius 2 is 0.667 bits per heavy atom. The normalized spacial score (nSPS) is 14.1. The van der Waals surface area contributed by atoms with Crippen molar-refractivity contribution in [1.29, 1.82) is 0 Å². The van der Waals surface area contributed by atoms with Crippen LogP contribution in [0.25, 0.3) is 0 Å². The van der Waals surface area contributed by atoms with Gasteiger partial charge >= 0.3 is 25.7 Å². The summed E-state index contributed by atoms with van der Waals surface area (Å²) in [7, 11) is -4.77. The Labute approximate surface area is 475 Å². The first kappa shape index (κ1) is 74.1. The molecule has 0 aliphatic rings. The summed E-state index contributed by atoms with van der Waals surface area (Å²) in [5, 5.41) is 9.84. The number of esters is 3. The van der Waals surface area contributed by atoms with E-state index < -0.39 is 57.8 Å². The van der Waals surface area contributed by atoms with Gasteiger partial charge in [-0.2, -0.15) is 0 Å². The summed E-state index contributed by atoms with van der Waals surface area (Å²) >= 11 is 0. The van der Waals surface area contributed by atoms with E-state index in [1.54, 1.807) is 0 Å². The zero-order valence-electron chi connectivity index (χ0n) is 49.3. The molecule has 78 heavy (non-hydrogen) atoms. The van der Waals surface area contributed by atoms with Crippen LogP contribution >= 0.6 is 7.82 Å². The minimum atomic E-state index is -4.77. The Morgan fingerprint density at radius 3 is 1.04 bits per heavy atom. The van der Waals surface area contributed by atoms with E-state index in [0.717, 1.165) is 122 Å². The van der Waals surface area contributed by atoms with Gasteiger partial charge in [-0.3, -0.25) is 23.4 Å². The molecule has 0 aromatic rings. The van der Waals surface area contributed by atoms with Gasteiger partial charge in [0.25, 0.3) is 0 Å². The lowest BCUT2D eigenvalue weighted by atomic mass is 10.0. The molecule has 0 heterocycles. The van der Waals surface area contributed by atoms with E-state index in [1.165, 1.54) is 70.6 Å². The molecule has 0 spiro atoms. The molecule has 0 saturated heterocycles. The molecule has 0 fully saturated rings. The standard InChI is InChI=1S/C66H111O11P/c1-4-7-10-13-16-19-22-25-28-30-31-33-36-39-42-45-48-51-54-57-66(70)77-63(59-73-64(68)55-52-49-46-43-40-37-35-32-29-26-23-20-17-14-11-8-5-2)61-75-78(71,72)74-60-62(58-67)76-65(69)56-53-50-47-44-41-38-34-27-24-21-18-15-12-9-6-3/h7-8,10-11,16-17,19-20,25-26,28-29,31,33,35,37,39,42,62-63,67H,4-6,9,12-15,18,21-24,27,30,32,34,36,38,40-41,43-61H2,1-3H3,(H,71,72)/b10-7-,11-8-,19-16-,20-17-,28-25-,29-26-,33-31-,37-35-,42-39-. The third-order valence-electron chi connectivity index (χ3n) is 12.7. The van der Waals surface area contributed by atoms with Crippen LogP contribution in [0.5, 0.6) is 0 Å². The lowest BCUT2D eigenvalue weighted by Crippen LogP contribution is -2.30.